The van der Waals surface area contributed by atoms with Crippen LogP contribution in [0.1, 0.15) is 17.2 Å². The van der Waals surface area contributed by atoms with Crippen LogP contribution in [-0.2, 0) is 0 Å². The van der Waals surface area contributed by atoms with Crippen molar-refractivity contribution in [2.24, 2.45) is 11.5 Å². The summed E-state index contributed by atoms with van der Waals surface area (Å²) in [5.74, 6) is -1.40. The first-order valence-electron chi connectivity index (χ1n) is 3.98. The van der Waals surface area contributed by atoms with Crippen molar-refractivity contribution in [1.82, 2.24) is 0 Å². The Labute approximate surface area is 92.7 Å². The van der Waals surface area contributed by atoms with Crippen LogP contribution < -0.4 is 11.5 Å². The molecule has 0 heterocycles. The number of nitrogens with zero attached hydrogens (tertiary/aromatic N) is 1. The Morgan fingerprint density at radius 2 is 2.13 bits per heavy atom. The molecule has 0 aliphatic heterocycles. The molecule has 0 radical (unpaired) electrons. The highest BCUT2D eigenvalue weighted by Gasteiger charge is 2.14. The van der Waals surface area contributed by atoms with Crippen molar-refractivity contribution in [3.8, 4) is 11.8 Å². The van der Waals surface area contributed by atoms with Crippen LogP contribution in [-0.4, -0.2) is 11.7 Å². The third-order valence-electron chi connectivity index (χ3n) is 1.88. The number of halogens is 2. The Morgan fingerprint density at radius 1 is 1.53 bits per heavy atom. The Morgan fingerprint density at radius 3 is 2.60 bits per heavy atom. The average Bonchev–Trinajstić information content (AvgIpc) is 2.20. The summed E-state index contributed by atoms with van der Waals surface area (Å²) in [5.41, 5.74) is 11.1. The highest BCUT2D eigenvalue weighted by atomic mass is 35.5. The van der Waals surface area contributed by atoms with Gasteiger partial charge in [0.05, 0.1) is 11.6 Å². The maximum Gasteiger partial charge on any atom is 0.166 e. The van der Waals surface area contributed by atoms with Crippen LogP contribution in [0.3, 0.4) is 0 Å². The average molecular weight is 232 g/mol. The van der Waals surface area contributed by atoms with Crippen molar-refractivity contribution in [2.45, 2.75) is 6.04 Å². The molecule has 0 amide bonds. The van der Waals surface area contributed by atoms with Crippen LogP contribution in [0.5, 0.6) is 5.75 Å². The minimum absolute atomic E-state index is 0. The Hall–Kier alpha value is -1.35. The maximum atomic E-state index is 13.0. The van der Waals surface area contributed by atoms with Gasteiger partial charge in [-0.2, -0.15) is 5.26 Å². The highest BCUT2D eigenvalue weighted by molar-refractivity contribution is 5.85. The highest BCUT2D eigenvalue weighted by Crippen LogP contribution is 2.26. The SMILES string of the molecule is Cl.N#Cc1cc(F)c(O)c([C@@H](N)CN)c1. The number of benzene rings is 1. The molecule has 15 heavy (non-hydrogen) atoms. The van der Waals surface area contributed by atoms with Crippen LogP contribution in [0, 0.1) is 17.1 Å². The summed E-state index contributed by atoms with van der Waals surface area (Å²) < 4.78 is 13.0. The van der Waals surface area contributed by atoms with Gasteiger partial charge in [0.2, 0.25) is 0 Å². The van der Waals surface area contributed by atoms with Crippen molar-refractivity contribution in [3.63, 3.8) is 0 Å². The van der Waals surface area contributed by atoms with Gasteiger partial charge in [-0.05, 0) is 12.1 Å². The zero-order valence-corrected chi connectivity index (χ0v) is 8.59. The molecule has 5 N–H and O–H groups in total. The van der Waals surface area contributed by atoms with Crippen LogP contribution in [0.4, 0.5) is 4.39 Å². The van der Waals surface area contributed by atoms with Crippen molar-refractivity contribution < 1.29 is 9.50 Å². The van der Waals surface area contributed by atoms with Crippen molar-refractivity contribution in [1.29, 1.82) is 5.26 Å². The van der Waals surface area contributed by atoms with E-state index < -0.39 is 17.6 Å². The predicted octanol–water partition coefficient (Wildman–Crippen LogP) is 0.783. The number of nitrogens with two attached hydrogens (primary N) is 2. The van der Waals surface area contributed by atoms with Crippen molar-refractivity contribution in [3.05, 3.63) is 29.1 Å². The van der Waals surface area contributed by atoms with Crippen LogP contribution in [0.2, 0.25) is 0 Å². The van der Waals surface area contributed by atoms with Crippen molar-refractivity contribution >= 4 is 12.4 Å². The van der Waals surface area contributed by atoms with Gasteiger partial charge in [-0.15, -0.1) is 12.4 Å². The molecule has 0 saturated heterocycles. The third-order valence-corrected chi connectivity index (χ3v) is 1.88. The van der Waals surface area contributed by atoms with E-state index in [9.17, 15) is 9.50 Å². The Kier molecular flexibility index (Phi) is 5.02. The smallest absolute Gasteiger partial charge is 0.166 e. The number of phenols is 1. The fourth-order valence-electron chi connectivity index (χ4n) is 1.09. The molecule has 1 aromatic carbocycles. The molecule has 0 spiro atoms. The number of hydrogen-bond donors (Lipinski definition) is 3. The predicted molar refractivity (Wildman–Crippen MR) is 56.0 cm³/mol. The van der Waals surface area contributed by atoms with Gasteiger partial charge >= 0.3 is 0 Å². The van der Waals surface area contributed by atoms with E-state index in [1.165, 1.54) is 6.07 Å². The lowest BCUT2D eigenvalue weighted by Gasteiger charge is -2.11. The van der Waals surface area contributed by atoms with Gasteiger partial charge in [-0.3, -0.25) is 0 Å². The van der Waals surface area contributed by atoms with Gasteiger partial charge in [-0.25, -0.2) is 4.39 Å². The molecule has 0 bridgehead atoms. The summed E-state index contributed by atoms with van der Waals surface area (Å²) in [6.45, 7) is 0.0713. The molecule has 6 heteroatoms. The standard InChI is InChI=1S/C9H10FN3O.ClH/c10-7-2-5(3-11)1-6(9(7)14)8(13)4-12;/h1-2,8,14H,4,12-13H2;1H/t8-;/m0./s1. The van der Waals surface area contributed by atoms with Gasteiger partial charge in [-0.1, -0.05) is 0 Å². The first kappa shape index (κ1) is 13.7. The van der Waals surface area contributed by atoms with E-state index in [4.69, 9.17) is 16.7 Å². The van der Waals surface area contributed by atoms with E-state index in [1.807, 2.05) is 0 Å². The zero-order valence-electron chi connectivity index (χ0n) is 7.77. The molecular formula is C9H11ClFN3O. The Bertz CT molecular complexity index is 392. The van der Waals surface area contributed by atoms with Crippen LogP contribution >= 0.6 is 12.4 Å². The molecule has 1 atom stereocenters. The minimum atomic E-state index is -0.858. The molecule has 0 aliphatic carbocycles. The molecule has 0 aromatic heterocycles. The lowest BCUT2D eigenvalue weighted by Crippen LogP contribution is -2.21. The summed E-state index contributed by atoms with van der Waals surface area (Å²) in [5, 5.41) is 17.9. The summed E-state index contributed by atoms with van der Waals surface area (Å²) in [6.07, 6.45) is 0. The molecule has 0 fully saturated rings. The molecule has 4 nitrogen and oxygen atoms in total. The lowest BCUT2D eigenvalue weighted by molar-refractivity contribution is 0.421. The maximum absolute atomic E-state index is 13.0. The summed E-state index contributed by atoms with van der Waals surface area (Å²) >= 11 is 0. The van der Waals surface area contributed by atoms with Crippen LogP contribution in [0.15, 0.2) is 12.1 Å². The number of nitriles is 1. The molecule has 82 valence electrons. The van der Waals surface area contributed by atoms with E-state index in [0.717, 1.165) is 6.07 Å². The molecule has 1 rings (SSSR count). The zero-order chi connectivity index (χ0) is 10.7. The van der Waals surface area contributed by atoms with Gasteiger partial charge in [0.15, 0.2) is 11.6 Å². The molecule has 0 unspecified atom stereocenters. The summed E-state index contributed by atoms with van der Waals surface area (Å²) in [7, 11) is 0. The van der Waals surface area contributed by atoms with E-state index in [1.54, 1.807) is 6.07 Å². The lowest BCUT2D eigenvalue weighted by atomic mass is 10.0. The van der Waals surface area contributed by atoms with Gasteiger partial charge < -0.3 is 16.6 Å². The quantitative estimate of drug-likeness (QED) is 0.701. The van der Waals surface area contributed by atoms with E-state index in [2.05, 4.69) is 0 Å². The number of aromatic hydroxyl groups is 1. The Balaban J connectivity index is 0.00000196. The van der Waals surface area contributed by atoms with Gasteiger partial charge in [0.1, 0.15) is 0 Å². The summed E-state index contributed by atoms with van der Waals surface area (Å²) in [4.78, 5) is 0. The van der Waals surface area contributed by atoms with Gasteiger partial charge in [0, 0.05) is 18.2 Å². The van der Waals surface area contributed by atoms with Crippen molar-refractivity contribution in [2.75, 3.05) is 6.54 Å². The first-order valence-corrected chi connectivity index (χ1v) is 3.98. The minimum Gasteiger partial charge on any atom is -0.505 e. The second-order valence-corrected chi connectivity index (χ2v) is 2.85. The van der Waals surface area contributed by atoms with Gasteiger partial charge in [0.25, 0.3) is 0 Å². The molecular weight excluding hydrogens is 221 g/mol. The largest absolute Gasteiger partial charge is 0.505 e. The number of phenolic OH excluding ortho intramolecular Hbond substituents is 1. The first-order chi connectivity index (χ1) is 6.60. The monoisotopic (exact) mass is 231 g/mol. The fraction of sp³-hybridized carbons (Fsp3) is 0.222. The van der Waals surface area contributed by atoms with E-state index in [-0.39, 0.29) is 30.1 Å². The van der Waals surface area contributed by atoms with Crippen LogP contribution in [0.25, 0.3) is 0 Å². The topological polar surface area (TPSA) is 96.1 Å². The normalized spacial score (nSPS) is 11.3. The third kappa shape index (κ3) is 2.80. The second kappa shape index (κ2) is 5.51. The number of hydrogen-bond acceptors (Lipinski definition) is 4. The van der Waals surface area contributed by atoms with E-state index >= 15 is 0 Å². The fourth-order valence-corrected chi connectivity index (χ4v) is 1.09. The second-order valence-electron chi connectivity index (χ2n) is 2.85. The number of rotatable bonds is 2. The van der Waals surface area contributed by atoms with E-state index in [0.29, 0.717) is 0 Å². The molecule has 1 aromatic rings. The summed E-state index contributed by atoms with van der Waals surface area (Å²) in [6, 6.07) is 3.37. The molecule has 0 saturated carbocycles. The molecule has 0 aliphatic rings.